The van der Waals surface area contributed by atoms with Crippen LogP contribution in [-0.2, 0) is 0 Å². The molecule has 0 unspecified atom stereocenters. The van der Waals surface area contributed by atoms with Crippen LogP contribution in [0.5, 0.6) is 11.5 Å². The molecular formula is C20H16ClNO5S. The maximum atomic E-state index is 12.5. The predicted molar refractivity (Wildman–Crippen MR) is 109 cm³/mol. The van der Waals surface area contributed by atoms with E-state index in [1.807, 2.05) is 0 Å². The second kappa shape index (κ2) is 8.33. The maximum Gasteiger partial charge on any atom is 0.339 e. The molecule has 6 nitrogen and oxygen atoms in total. The van der Waals surface area contributed by atoms with E-state index in [1.54, 1.807) is 47.8 Å². The van der Waals surface area contributed by atoms with Crippen molar-refractivity contribution in [2.24, 2.45) is 0 Å². The van der Waals surface area contributed by atoms with Gasteiger partial charge in [0.1, 0.15) is 10.6 Å². The molecule has 2 aromatic carbocycles. The standard InChI is InChI=1S/C20H16ClNO5S/c1-26-15-8-7-11(9-16(15)27-2)13-10-28-19(17(13)20(24)25)22-18(23)12-5-3-4-6-14(12)21/h3-10H,1-2H3,(H,22,23)(H,24,25). The van der Waals surface area contributed by atoms with E-state index in [2.05, 4.69) is 5.32 Å². The number of ether oxygens (including phenoxy) is 2. The van der Waals surface area contributed by atoms with Crippen LogP contribution in [0.2, 0.25) is 5.02 Å². The highest BCUT2D eigenvalue weighted by atomic mass is 35.5. The van der Waals surface area contributed by atoms with Gasteiger partial charge in [0.05, 0.1) is 24.8 Å². The molecule has 0 spiro atoms. The zero-order chi connectivity index (χ0) is 20.3. The minimum Gasteiger partial charge on any atom is -0.493 e. The predicted octanol–water partition coefficient (Wildman–Crippen LogP) is 5.04. The second-order valence-electron chi connectivity index (χ2n) is 5.66. The van der Waals surface area contributed by atoms with E-state index >= 15 is 0 Å². The first kappa shape index (κ1) is 19.7. The van der Waals surface area contributed by atoms with Gasteiger partial charge >= 0.3 is 5.97 Å². The van der Waals surface area contributed by atoms with Crippen LogP contribution >= 0.6 is 22.9 Å². The number of amides is 1. The van der Waals surface area contributed by atoms with Gasteiger partial charge in [-0.3, -0.25) is 4.79 Å². The number of carboxylic acid groups (broad SMARTS) is 1. The minimum absolute atomic E-state index is 0.00220. The Balaban J connectivity index is 2.00. The Hall–Kier alpha value is -3.03. The molecule has 1 aromatic heterocycles. The number of rotatable bonds is 6. The van der Waals surface area contributed by atoms with Gasteiger partial charge < -0.3 is 19.9 Å². The zero-order valence-corrected chi connectivity index (χ0v) is 16.6. The number of aromatic carboxylic acids is 1. The third-order valence-electron chi connectivity index (χ3n) is 4.04. The molecule has 28 heavy (non-hydrogen) atoms. The number of halogens is 1. The number of carboxylic acids is 1. The highest BCUT2D eigenvalue weighted by Gasteiger charge is 2.23. The summed E-state index contributed by atoms with van der Waals surface area (Å²) in [5, 5.41) is 14.6. The number of thiophene rings is 1. The molecule has 0 aliphatic rings. The molecule has 3 rings (SSSR count). The molecule has 0 radical (unpaired) electrons. The van der Waals surface area contributed by atoms with Crippen molar-refractivity contribution in [2.45, 2.75) is 0 Å². The lowest BCUT2D eigenvalue weighted by molar-refractivity contribution is 0.0699. The fraction of sp³-hybridized carbons (Fsp3) is 0.100. The van der Waals surface area contributed by atoms with Crippen LogP contribution in [0.4, 0.5) is 5.00 Å². The first-order valence-electron chi connectivity index (χ1n) is 8.09. The number of hydrogen-bond donors (Lipinski definition) is 2. The maximum absolute atomic E-state index is 12.5. The average Bonchev–Trinajstić information content (AvgIpc) is 3.11. The van der Waals surface area contributed by atoms with Crippen molar-refractivity contribution in [2.75, 3.05) is 19.5 Å². The van der Waals surface area contributed by atoms with Gasteiger partial charge in [-0.25, -0.2) is 4.79 Å². The van der Waals surface area contributed by atoms with Gasteiger partial charge in [-0.1, -0.05) is 29.8 Å². The van der Waals surface area contributed by atoms with Crippen LogP contribution < -0.4 is 14.8 Å². The fourth-order valence-corrected chi connectivity index (χ4v) is 3.87. The quantitative estimate of drug-likeness (QED) is 0.587. The Kier molecular flexibility index (Phi) is 5.87. The molecule has 1 amide bonds. The Labute approximate surface area is 170 Å². The lowest BCUT2D eigenvalue weighted by Crippen LogP contribution is -2.14. The Morgan fingerprint density at radius 1 is 1.07 bits per heavy atom. The highest BCUT2D eigenvalue weighted by molar-refractivity contribution is 7.15. The summed E-state index contributed by atoms with van der Waals surface area (Å²) in [7, 11) is 3.02. The molecule has 0 saturated carbocycles. The molecule has 0 saturated heterocycles. The number of hydrogen-bond acceptors (Lipinski definition) is 5. The van der Waals surface area contributed by atoms with Crippen molar-refractivity contribution >= 4 is 39.8 Å². The Morgan fingerprint density at radius 2 is 1.79 bits per heavy atom. The molecule has 3 aromatic rings. The number of benzene rings is 2. The van der Waals surface area contributed by atoms with E-state index in [-0.39, 0.29) is 21.2 Å². The van der Waals surface area contributed by atoms with E-state index in [1.165, 1.54) is 14.2 Å². The van der Waals surface area contributed by atoms with Crippen molar-refractivity contribution in [3.63, 3.8) is 0 Å². The minimum atomic E-state index is -1.15. The lowest BCUT2D eigenvalue weighted by Gasteiger charge is -2.10. The van der Waals surface area contributed by atoms with Gasteiger partial charge in [-0.2, -0.15) is 0 Å². The molecule has 0 atom stereocenters. The molecule has 0 bridgehead atoms. The van der Waals surface area contributed by atoms with Crippen molar-refractivity contribution in [1.29, 1.82) is 0 Å². The van der Waals surface area contributed by atoms with E-state index < -0.39 is 11.9 Å². The van der Waals surface area contributed by atoms with Crippen LogP contribution in [-0.4, -0.2) is 31.2 Å². The summed E-state index contributed by atoms with van der Waals surface area (Å²) in [5.74, 6) is -0.621. The summed E-state index contributed by atoms with van der Waals surface area (Å²) in [4.78, 5) is 24.4. The van der Waals surface area contributed by atoms with Gasteiger partial charge in [0.2, 0.25) is 0 Å². The van der Waals surface area contributed by atoms with E-state index in [9.17, 15) is 14.7 Å². The summed E-state index contributed by atoms with van der Waals surface area (Å²) in [6.07, 6.45) is 0. The highest BCUT2D eigenvalue weighted by Crippen LogP contribution is 2.39. The fourth-order valence-electron chi connectivity index (χ4n) is 2.69. The third-order valence-corrected chi connectivity index (χ3v) is 5.27. The average molecular weight is 418 g/mol. The van der Waals surface area contributed by atoms with Crippen molar-refractivity contribution in [1.82, 2.24) is 0 Å². The number of anilines is 1. The molecule has 8 heteroatoms. The van der Waals surface area contributed by atoms with Gasteiger partial charge in [-0.05, 0) is 29.8 Å². The largest absolute Gasteiger partial charge is 0.493 e. The van der Waals surface area contributed by atoms with Gasteiger partial charge in [0.15, 0.2) is 11.5 Å². The lowest BCUT2D eigenvalue weighted by atomic mass is 10.0. The summed E-state index contributed by atoms with van der Waals surface area (Å²) in [6.45, 7) is 0. The van der Waals surface area contributed by atoms with E-state index in [0.29, 0.717) is 22.6 Å². The van der Waals surface area contributed by atoms with Crippen LogP contribution in [0.25, 0.3) is 11.1 Å². The molecule has 0 aliphatic heterocycles. The van der Waals surface area contributed by atoms with Crippen LogP contribution in [0, 0.1) is 0 Å². The SMILES string of the molecule is COc1ccc(-c2csc(NC(=O)c3ccccc3Cl)c2C(=O)O)cc1OC. The van der Waals surface area contributed by atoms with Gasteiger partial charge in [0.25, 0.3) is 5.91 Å². The monoisotopic (exact) mass is 417 g/mol. The van der Waals surface area contributed by atoms with E-state index in [4.69, 9.17) is 21.1 Å². The van der Waals surface area contributed by atoms with Crippen LogP contribution in [0.1, 0.15) is 20.7 Å². The zero-order valence-electron chi connectivity index (χ0n) is 15.0. The first-order valence-corrected chi connectivity index (χ1v) is 9.35. The molecular weight excluding hydrogens is 402 g/mol. The molecule has 0 fully saturated rings. The number of carbonyl (C=O) groups excluding carboxylic acids is 1. The van der Waals surface area contributed by atoms with Crippen molar-refractivity contribution < 1.29 is 24.2 Å². The molecule has 1 heterocycles. The topological polar surface area (TPSA) is 84.9 Å². The Bertz CT molecular complexity index is 1050. The normalized spacial score (nSPS) is 10.4. The summed E-state index contributed by atoms with van der Waals surface area (Å²) in [5.41, 5.74) is 1.36. The molecule has 2 N–H and O–H groups in total. The summed E-state index contributed by atoms with van der Waals surface area (Å²) in [6, 6.07) is 11.7. The summed E-state index contributed by atoms with van der Waals surface area (Å²) >= 11 is 7.17. The first-order chi connectivity index (χ1) is 13.5. The van der Waals surface area contributed by atoms with Gasteiger partial charge in [0, 0.05) is 10.9 Å². The smallest absolute Gasteiger partial charge is 0.339 e. The Morgan fingerprint density at radius 3 is 2.43 bits per heavy atom. The molecule has 0 aliphatic carbocycles. The third kappa shape index (κ3) is 3.81. The number of carbonyl (C=O) groups is 2. The van der Waals surface area contributed by atoms with Crippen molar-refractivity contribution in [3.8, 4) is 22.6 Å². The van der Waals surface area contributed by atoms with Crippen molar-refractivity contribution in [3.05, 3.63) is 64.0 Å². The van der Waals surface area contributed by atoms with Crippen LogP contribution in [0.15, 0.2) is 47.8 Å². The number of methoxy groups -OCH3 is 2. The van der Waals surface area contributed by atoms with Crippen LogP contribution in [0.3, 0.4) is 0 Å². The van der Waals surface area contributed by atoms with E-state index in [0.717, 1.165) is 11.3 Å². The van der Waals surface area contributed by atoms with Gasteiger partial charge in [-0.15, -0.1) is 11.3 Å². The summed E-state index contributed by atoms with van der Waals surface area (Å²) < 4.78 is 10.5. The second-order valence-corrected chi connectivity index (χ2v) is 6.95. The number of nitrogens with one attached hydrogen (secondary N) is 1. The molecule has 144 valence electrons.